The van der Waals surface area contributed by atoms with Gasteiger partial charge in [-0.15, -0.1) is 24.0 Å². The molecule has 1 atom stereocenters. The van der Waals surface area contributed by atoms with Crippen molar-refractivity contribution >= 4 is 35.9 Å². The third-order valence-corrected chi connectivity index (χ3v) is 4.67. The number of ether oxygens (including phenoxy) is 1. The maximum Gasteiger partial charge on any atom is 0.225 e. The molecule has 146 valence electrons. The maximum absolute atomic E-state index is 5.63. The predicted octanol–water partition coefficient (Wildman–Crippen LogP) is 0.561. The predicted molar refractivity (Wildman–Crippen MR) is 114 cm³/mol. The van der Waals surface area contributed by atoms with E-state index in [4.69, 9.17) is 4.74 Å². The summed E-state index contributed by atoms with van der Waals surface area (Å²) in [7, 11) is 1.81. The number of hydrogen-bond donors (Lipinski definition) is 2. The molecule has 0 aliphatic carbocycles. The number of aromatic nitrogens is 2. The molecule has 9 heteroatoms. The summed E-state index contributed by atoms with van der Waals surface area (Å²) >= 11 is 0. The highest BCUT2D eigenvalue weighted by Crippen LogP contribution is 2.10. The zero-order valence-electron chi connectivity index (χ0n) is 15.4. The summed E-state index contributed by atoms with van der Waals surface area (Å²) in [6, 6.07) is 1.85. The lowest BCUT2D eigenvalue weighted by Gasteiger charge is -2.34. The van der Waals surface area contributed by atoms with Gasteiger partial charge in [-0.1, -0.05) is 0 Å². The summed E-state index contributed by atoms with van der Waals surface area (Å²) in [4.78, 5) is 17.6. The highest BCUT2D eigenvalue weighted by Gasteiger charge is 2.18. The monoisotopic (exact) mass is 475 g/mol. The third kappa shape index (κ3) is 6.51. The van der Waals surface area contributed by atoms with E-state index in [1.807, 2.05) is 13.1 Å². The Morgan fingerprint density at radius 3 is 2.65 bits per heavy atom. The summed E-state index contributed by atoms with van der Waals surface area (Å²) in [5, 5.41) is 6.74. The molecule has 0 radical (unpaired) electrons. The van der Waals surface area contributed by atoms with Crippen molar-refractivity contribution in [1.29, 1.82) is 0 Å². The van der Waals surface area contributed by atoms with E-state index >= 15 is 0 Å². The van der Waals surface area contributed by atoms with Gasteiger partial charge >= 0.3 is 0 Å². The molecule has 2 N–H and O–H groups in total. The first kappa shape index (κ1) is 21.1. The van der Waals surface area contributed by atoms with E-state index in [2.05, 4.69) is 35.4 Å². The van der Waals surface area contributed by atoms with Crippen LogP contribution in [0.25, 0.3) is 0 Å². The summed E-state index contributed by atoms with van der Waals surface area (Å²) in [5.74, 6) is 1.69. The Kier molecular flexibility index (Phi) is 9.33. The van der Waals surface area contributed by atoms with Crippen molar-refractivity contribution in [2.45, 2.75) is 18.9 Å². The van der Waals surface area contributed by atoms with Crippen LogP contribution in [0.15, 0.2) is 23.5 Å². The summed E-state index contributed by atoms with van der Waals surface area (Å²) in [6.07, 6.45) is 6.23. The van der Waals surface area contributed by atoms with Crippen molar-refractivity contribution in [1.82, 2.24) is 25.5 Å². The molecule has 26 heavy (non-hydrogen) atoms. The van der Waals surface area contributed by atoms with Gasteiger partial charge in [0.2, 0.25) is 5.95 Å². The lowest BCUT2D eigenvalue weighted by atomic mass is 10.2. The Morgan fingerprint density at radius 2 is 2.00 bits per heavy atom. The molecular weight excluding hydrogens is 445 g/mol. The zero-order valence-corrected chi connectivity index (χ0v) is 17.8. The van der Waals surface area contributed by atoms with Gasteiger partial charge in [0.15, 0.2) is 5.96 Å². The van der Waals surface area contributed by atoms with E-state index in [0.29, 0.717) is 6.10 Å². The number of halogens is 1. The van der Waals surface area contributed by atoms with Crippen LogP contribution in [-0.2, 0) is 4.74 Å². The Hall–Kier alpha value is -1.20. The van der Waals surface area contributed by atoms with Crippen molar-refractivity contribution in [3.63, 3.8) is 0 Å². The fourth-order valence-electron chi connectivity index (χ4n) is 3.19. The van der Waals surface area contributed by atoms with Gasteiger partial charge in [0.1, 0.15) is 0 Å². The van der Waals surface area contributed by atoms with Gasteiger partial charge in [-0.3, -0.25) is 9.89 Å². The van der Waals surface area contributed by atoms with Crippen molar-refractivity contribution in [2.75, 3.05) is 64.4 Å². The average molecular weight is 475 g/mol. The van der Waals surface area contributed by atoms with Gasteiger partial charge in [-0.05, 0) is 18.9 Å². The lowest BCUT2D eigenvalue weighted by Crippen LogP contribution is -2.50. The van der Waals surface area contributed by atoms with Crippen LogP contribution in [0.1, 0.15) is 12.8 Å². The van der Waals surface area contributed by atoms with E-state index in [9.17, 15) is 0 Å². The number of nitrogens with one attached hydrogen (secondary N) is 2. The quantitative estimate of drug-likeness (QED) is 0.354. The molecule has 0 amide bonds. The number of piperazine rings is 1. The van der Waals surface area contributed by atoms with Crippen molar-refractivity contribution in [3.05, 3.63) is 18.5 Å². The first-order chi connectivity index (χ1) is 12.3. The molecule has 2 fully saturated rings. The van der Waals surface area contributed by atoms with Crippen LogP contribution in [0.3, 0.4) is 0 Å². The molecule has 0 saturated carbocycles. The number of aliphatic imine (C=N–C) groups is 1. The summed E-state index contributed by atoms with van der Waals surface area (Å²) in [5.41, 5.74) is 0. The van der Waals surface area contributed by atoms with Crippen LogP contribution in [0, 0.1) is 0 Å². The van der Waals surface area contributed by atoms with Crippen molar-refractivity contribution < 1.29 is 4.74 Å². The second kappa shape index (κ2) is 11.5. The van der Waals surface area contributed by atoms with Crippen LogP contribution in [-0.4, -0.2) is 86.4 Å². The Balaban J connectivity index is 0.00000243. The number of hydrogen-bond acceptors (Lipinski definition) is 6. The van der Waals surface area contributed by atoms with Gasteiger partial charge in [0.05, 0.1) is 6.10 Å². The Labute approximate surface area is 172 Å². The smallest absolute Gasteiger partial charge is 0.225 e. The largest absolute Gasteiger partial charge is 0.376 e. The van der Waals surface area contributed by atoms with Crippen molar-refractivity contribution in [3.8, 4) is 0 Å². The zero-order chi connectivity index (χ0) is 17.3. The van der Waals surface area contributed by atoms with E-state index < -0.39 is 0 Å². The summed E-state index contributed by atoms with van der Waals surface area (Å²) in [6.45, 7) is 7.60. The molecule has 1 aromatic heterocycles. The van der Waals surface area contributed by atoms with Gasteiger partial charge in [-0.2, -0.15) is 0 Å². The highest BCUT2D eigenvalue weighted by atomic mass is 127. The molecule has 0 bridgehead atoms. The van der Waals surface area contributed by atoms with E-state index in [1.165, 1.54) is 6.42 Å². The van der Waals surface area contributed by atoms with Gasteiger partial charge in [0, 0.05) is 71.9 Å². The number of rotatable bonds is 6. The Morgan fingerprint density at radius 1 is 1.23 bits per heavy atom. The summed E-state index contributed by atoms with van der Waals surface area (Å²) < 4.78 is 5.63. The van der Waals surface area contributed by atoms with Gasteiger partial charge < -0.3 is 20.3 Å². The van der Waals surface area contributed by atoms with E-state index in [-0.39, 0.29) is 24.0 Å². The standard InChI is InChI=1S/C17H29N7O.HI/c1-18-16(22-14-15-4-2-13-25-15)19-7-8-23-9-11-24(12-10-23)17-20-5-3-6-21-17;/h3,5-6,15H,2,4,7-14H2,1H3,(H2,18,19,22);1H. The Bertz CT molecular complexity index is 531. The normalized spacial score (nSPS) is 21.3. The minimum Gasteiger partial charge on any atom is -0.376 e. The van der Waals surface area contributed by atoms with Crippen molar-refractivity contribution in [2.24, 2.45) is 4.99 Å². The fraction of sp³-hybridized carbons (Fsp3) is 0.706. The molecule has 1 aromatic rings. The van der Waals surface area contributed by atoms with Gasteiger partial charge in [-0.25, -0.2) is 9.97 Å². The molecule has 3 heterocycles. The van der Waals surface area contributed by atoms with Crippen LogP contribution in [0.4, 0.5) is 5.95 Å². The minimum absolute atomic E-state index is 0. The van der Waals surface area contributed by atoms with Crippen LogP contribution < -0.4 is 15.5 Å². The number of nitrogens with zero attached hydrogens (tertiary/aromatic N) is 5. The molecule has 0 spiro atoms. The second-order valence-corrected chi connectivity index (χ2v) is 6.39. The van der Waals surface area contributed by atoms with Gasteiger partial charge in [0.25, 0.3) is 0 Å². The molecule has 2 saturated heterocycles. The molecule has 2 aliphatic rings. The number of guanidine groups is 1. The molecule has 1 unspecified atom stereocenters. The minimum atomic E-state index is 0. The first-order valence-corrected chi connectivity index (χ1v) is 9.15. The number of anilines is 1. The lowest BCUT2D eigenvalue weighted by molar-refractivity contribution is 0.114. The maximum atomic E-state index is 5.63. The van der Waals surface area contributed by atoms with Crippen LogP contribution in [0.2, 0.25) is 0 Å². The molecule has 0 aromatic carbocycles. The molecule has 8 nitrogen and oxygen atoms in total. The highest BCUT2D eigenvalue weighted by molar-refractivity contribution is 14.0. The average Bonchev–Trinajstić information content (AvgIpc) is 3.19. The molecular formula is C17H30IN7O. The van der Waals surface area contributed by atoms with E-state index in [1.54, 1.807) is 12.4 Å². The SMILES string of the molecule is CN=C(NCCN1CCN(c2ncccn2)CC1)NCC1CCCO1.I. The second-order valence-electron chi connectivity index (χ2n) is 6.39. The van der Waals surface area contributed by atoms with E-state index in [0.717, 1.165) is 70.7 Å². The fourth-order valence-corrected chi connectivity index (χ4v) is 3.19. The first-order valence-electron chi connectivity index (χ1n) is 9.15. The third-order valence-electron chi connectivity index (χ3n) is 4.67. The topological polar surface area (TPSA) is 77.9 Å². The van der Waals surface area contributed by atoms with Crippen LogP contribution >= 0.6 is 24.0 Å². The van der Waals surface area contributed by atoms with Crippen LogP contribution in [0.5, 0.6) is 0 Å². The molecule has 2 aliphatic heterocycles. The molecule has 3 rings (SSSR count).